The molecule has 6 rings (SSSR count). The van der Waals surface area contributed by atoms with Gasteiger partial charge in [-0.2, -0.15) is 5.10 Å². The number of nitrogens with two attached hydrogens (primary N) is 1. The summed E-state index contributed by atoms with van der Waals surface area (Å²) < 4.78 is 21.6. The summed E-state index contributed by atoms with van der Waals surface area (Å²) >= 11 is 0. The molecule has 34 heavy (non-hydrogen) atoms. The van der Waals surface area contributed by atoms with Gasteiger partial charge in [-0.15, -0.1) is 0 Å². The summed E-state index contributed by atoms with van der Waals surface area (Å²) in [6.45, 7) is 4.67. The number of halogens is 1. The van der Waals surface area contributed by atoms with E-state index in [1.807, 2.05) is 0 Å². The first-order chi connectivity index (χ1) is 16.4. The number of nitrogen functional groups attached to an aromatic ring is 1. The molecule has 1 amide bonds. The quantitative estimate of drug-likeness (QED) is 0.371. The fourth-order valence-electron chi connectivity index (χ4n) is 4.26. The van der Waals surface area contributed by atoms with E-state index in [-0.39, 0.29) is 23.7 Å². The molecule has 1 unspecified atom stereocenters. The van der Waals surface area contributed by atoms with Crippen molar-refractivity contribution in [3.8, 4) is 11.8 Å². The van der Waals surface area contributed by atoms with Crippen molar-refractivity contribution in [3.63, 3.8) is 0 Å². The van der Waals surface area contributed by atoms with Gasteiger partial charge in [0.05, 0.1) is 11.4 Å². The predicted octanol–water partition coefficient (Wildman–Crippen LogP) is 2.87. The summed E-state index contributed by atoms with van der Waals surface area (Å²) in [6.07, 6.45) is 4.31. The number of aromatic nitrogens is 5. The minimum atomic E-state index is -1.43. The second kappa shape index (κ2) is 7.38. The highest BCUT2D eigenvalue weighted by Crippen LogP contribution is 2.49. The zero-order valence-electron chi connectivity index (χ0n) is 18.2. The van der Waals surface area contributed by atoms with Crippen molar-refractivity contribution in [2.24, 2.45) is 0 Å². The number of hydrogen-bond donors (Lipinski definition) is 1. The fourth-order valence-corrected chi connectivity index (χ4v) is 4.26. The van der Waals surface area contributed by atoms with Crippen LogP contribution in [-0.2, 0) is 10.5 Å². The number of hydrogen-bond acceptors (Lipinski definition) is 7. The lowest BCUT2D eigenvalue weighted by Crippen LogP contribution is -2.27. The Morgan fingerprint density at radius 2 is 2.18 bits per heavy atom. The Morgan fingerprint density at radius 3 is 2.97 bits per heavy atom. The van der Waals surface area contributed by atoms with Gasteiger partial charge in [-0.05, 0) is 49.5 Å². The molecule has 1 aliphatic carbocycles. The normalized spacial score (nSPS) is 18.7. The van der Waals surface area contributed by atoms with Gasteiger partial charge in [0.25, 0.3) is 0 Å². The van der Waals surface area contributed by atoms with Gasteiger partial charge < -0.3 is 15.1 Å². The predicted molar refractivity (Wildman–Crippen MR) is 122 cm³/mol. The van der Waals surface area contributed by atoms with Crippen LogP contribution in [0, 0.1) is 11.8 Å². The van der Waals surface area contributed by atoms with E-state index in [9.17, 15) is 9.18 Å². The topological polar surface area (TPSA) is 116 Å². The highest BCUT2D eigenvalue weighted by molar-refractivity contribution is 5.91. The first-order valence-corrected chi connectivity index (χ1v) is 11.0. The molecule has 1 saturated heterocycles. The molecule has 1 aliphatic heterocycles. The number of carbonyl (C=O) groups is 1. The van der Waals surface area contributed by atoms with Crippen LogP contribution >= 0.6 is 0 Å². The van der Waals surface area contributed by atoms with Gasteiger partial charge in [-0.1, -0.05) is 12.5 Å². The highest BCUT2D eigenvalue weighted by Gasteiger charge is 2.49. The Hall–Kier alpha value is -4.26. The van der Waals surface area contributed by atoms with E-state index in [2.05, 4.69) is 38.5 Å². The highest BCUT2D eigenvalue weighted by atomic mass is 19.1. The molecule has 4 aromatic rings. The van der Waals surface area contributed by atoms with Gasteiger partial charge >= 0.3 is 0 Å². The number of oxazole rings is 1. The molecule has 0 radical (unpaired) electrons. The van der Waals surface area contributed by atoms with Crippen LogP contribution in [0.4, 0.5) is 10.2 Å². The average molecular weight is 457 g/mol. The Kier molecular flexibility index (Phi) is 4.42. The zero-order chi connectivity index (χ0) is 23.4. The first-order valence-electron chi connectivity index (χ1n) is 11.0. The smallest absolute Gasteiger partial charge is 0.246 e. The Bertz CT molecular complexity index is 1540. The molecular formula is C24H20FN7O2. The van der Waals surface area contributed by atoms with E-state index in [1.165, 1.54) is 12.4 Å². The first kappa shape index (κ1) is 20.4. The lowest BCUT2D eigenvalue weighted by molar-refractivity contribution is -0.125. The molecule has 1 saturated carbocycles. The number of rotatable bonds is 3. The summed E-state index contributed by atoms with van der Waals surface area (Å²) in [5.74, 6) is 6.46. The molecule has 1 aromatic carbocycles. The van der Waals surface area contributed by atoms with E-state index >= 15 is 0 Å². The van der Waals surface area contributed by atoms with E-state index in [1.54, 1.807) is 27.8 Å². The van der Waals surface area contributed by atoms with Crippen LogP contribution in [-0.4, -0.2) is 48.6 Å². The summed E-state index contributed by atoms with van der Waals surface area (Å²) in [4.78, 5) is 26.5. The number of benzene rings is 1. The molecule has 2 fully saturated rings. The number of alkyl halides is 1. The maximum Gasteiger partial charge on any atom is 0.246 e. The summed E-state index contributed by atoms with van der Waals surface area (Å²) in [6, 6.07) is 5.23. The maximum atomic E-state index is 14.3. The van der Waals surface area contributed by atoms with Crippen LogP contribution in [0.5, 0.6) is 0 Å². The third-order valence-corrected chi connectivity index (χ3v) is 6.30. The Labute approximate surface area is 193 Å². The monoisotopic (exact) mass is 457 g/mol. The van der Waals surface area contributed by atoms with Crippen molar-refractivity contribution < 1.29 is 13.6 Å². The molecule has 4 heterocycles. The SMILES string of the molecule is C=CC(=O)N1CCC(n2nc(C#Cc3ccc4oc(C5(F)CC5)nc4c3)c3c(N)ncnc32)C1. The average Bonchev–Trinajstić information content (AvgIpc) is 3.23. The molecule has 3 aromatic heterocycles. The number of nitrogens with zero attached hydrogens (tertiary/aromatic N) is 6. The van der Waals surface area contributed by atoms with Crippen LogP contribution < -0.4 is 5.73 Å². The van der Waals surface area contributed by atoms with Crippen molar-refractivity contribution in [2.45, 2.75) is 31.0 Å². The van der Waals surface area contributed by atoms with E-state index in [0.29, 0.717) is 59.3 Å². The molecule has 0 bridgehead atoms. The lowest BCUT2D eigenvalue weighted by Gasteiger charge is -2.14. The standard InChI is InChI=1S/C24H20FN7O2/c1-2-19(33)31-10-7-15(12-31)32-22-20(21(26)27-13-28-22)16(30-32)5-3-14-4-6-18-17(11-14)29-23(34-18)24(25)8-9-24/h2,4,6,11,13,15H,1,7-10,12H2,(H2,26,27,28). The van der Waals surface area contributed by atoms with Crippen LogP contribution in [0.25, 0.3) is 22.1 Å². The molecule has 2 aliphatic rings. The third-order valence-electron chi connectivity index (χ3n) is 6.30. The van der Waals surface area contributed by atoms with Gasteiger partial charge in [-0.3, -0.25) is 4.79 Å². The second-order valence-corrected chi connectivity index (χ2v) is 8.60. The van der Waals surface area contributed by atoms with Crippen LogP contribution in [0.15, 0.2) is 41.6 Å². The van der Waals surface area contributed by atoms with Crippen LogP contribution in [0.3, 0.4) is 0 Å². The van der Waals surface area contributed by atoms with Gasteiger partial charge in [0.1, 0.15) is 23.4 Å². The fraction of sp³-hybridized carbons (Fsp3) is 0.292. The van der Waals surface area contributed by atoms with Crippen molar-refractivity contribution in [3.05, 3.63) is 54.3 Å². The molecule has 9 nitrogen and oxygen atoms in total. The summed E-state index contributed by atoms with van der Waals surface area (Å²) in [7, 11) is 0. The molecule has 1 atom stereocenters. The van der Waals surface area contributed by atoms with Crippen molar-refractivity contribution in [2.75, 3.05) is 18.8 Å². The van der Waals surface area contributed by atoms with Gasteiger partial charge in [0.15, 0.2) is 16.9 Å². The molecule has 0 spiro atoms. The number of amides is 1. The molecule has 2 N–H and O–H groups in total. The maximum absolute atomic E-state index is 14.3. The molecule has 10 heteroatoms. The van der Waals surface area contributed by atoms with E-state index < -0.39 is 5.67 Å². The Balaban J connectivity index is 1.36. The van der Waals surface area contributed by atoms with Gasteiger partial charge in [0.2, 0.25) is 11.8 Å². The second-order valence-electron chi connectivity index (χ2n) is 8.60. The number of fused-ring (bicyclic) bond motifs is 2. The zero-order valence-corrected chi connectivity index (χ0v) is 18.2. The van der Waals surface area contributed by atoms with E-state index in [0.717, 1.165) is 6.42 Å². The van der Waals surface area contributed by atoms with Crippen LogP contribution in [0.2, 0.25) is 0 Å². The summed E-state index contributed by atoms with van der Waals surface area (Å²) in [5, 5.41) is 5.26. The van der Waals surface area contributed by atoms with Crippen molar-refractivity contribution >= 4 is 33.9 Å². The van der Waals surface area contributed by atoms with Crippen LogP contribution in [0.1, 0.15) is 42.5 Å². The third kappa shape index (κ3) is 3.28. The summed E-state index contributed by atoms with van der Waals surface area (Å²) in [5.41, 5.74) is 7.50. The van der Waals surface area contributed by atoms with Gasteiger partial charge in [0, 0.05) is 18.7 Å². The molecule has 170 valence electrons. The minimum absolute atomic E-state index is 0.0587. The number of likely N-dealkylation sites (tertiary alicyclic amines) is 1. The van der Waals surface area contributed by atoms with E-state index in [4.69, 9.17) is 10.2 Å². The minimum Gasteiger partial charge on any atom is -0.437 e. The Morgan fingerprint density at radius 1 is 1.32 bits per heavy atom. The molecular weight excluding hydrogens is 437 g/mol. The van der Waals surface area contributed by atoms with Crippen molar-refractivity contribution in [1.29, 1.82) is 0 Å². The number of carbonyl (C=O) groups excluding carboxylic acids is 1. The largest absolute Gasteiger partial charge is 0.437 e. The number of anilines is 1. The lowest BCUT2D eigenvalue weighted by atomic mass is 10.2. The van der Waals surface area contributed by atoms with Crippen molar-refractivity contribution in [1.82, 2.24) is 29.6 Å². The van der Waals surface area contributed by atoms with Gasteiger partial charge in [-0.25, -0.2) is 24.0 Å².